The molecule has 0 saturated carbocycles. The third-order valence-electron chi connectivity index (χ3n) is 3.79. The number of carbonyl (C=O) groups is 1. The lowest BCUT2D eigenvalue weighted by molar-refractivity contribution is -0.117. The lowest BCUT2D eigenvalue weighted by atomic mass is 9.99. The summed E-state index contributed by atoms with van der Waals surface area (Å²) in [6, 6.07) is 9.66. The molecule has 23 heavy (non-hydrogen) atoms. The van der Waals surface area contributed by atoms with E-state index in [-0.39, 0.29) is 5.91 Å². The van der Waals surface area contributed by atoms with Gasteiger partial charge in [0, 0.05) is 19.3 Å². The van der Waals surface area contributed by atoms with Crippen LogP contribution in [-0.4, -0.2) is 40.7 Å². The molecular weight excluding hydrogens is 292 g/mol. The molecule has 6 nitrogen and oxygen atoms in total. The molecule has 0 aliphatic carbocycles. The average molecular weight is 312 g/mol. The molecule has 1 amide bonds. The highest BCUT2D eigenvalue weighted by molar-refractivity contribution is 5.91. The molecule has 0 unspecified atom stereocenters. The molecular formula is C17H20N4O2. The van der Waals surface area contributed by atoms with Crippen molar-refractivity contribution in [1.29, 1.82) is 0 Å². The van der Waals surface area contributed by atoms with Gasteiger partial charge in [0.15, 0.2) is 5.82 Å². The summed E-state index contributed by atoms with van der Waals surface area (Å²) in [4.78, 5) is 14.2. The van der Waals surface area contributed by atoms with Crippen molar-refractivity contribution >= 4 is 11.7 Å². The summed E-state index contributed by atoms with van der Waals surface area (Å²) in [6.45, 7) is 4.64. The third-order valence-corrected chi connectivity index (χ3v) is 3.79. The van der Waals surface area contributed by atoms with E-state index in [0.29, 0.717) is 19.0 Å². The van der Waals surface area contributed by atoms with Gasteiger partial charge in [-0.05, 0) is 48.7 Å². The van der Waals surface area contributed by atoms with Crippen LogP contribution in [0.4, 0.5) is 5.82 Å². The second-order valence-corrected chi connectivity index (χ2v) is 5.48. The Labute approximate surface area is 135 Å². The maximum atomic E-state index is 12.1. The van der Waals surface area contributed by atoms with Crippen molar-refractivity contribution in [2.24, 2.45) is 0 Å². The lowest BCUT2D eigenvalue weighted by Gasteiger charge is -2.28. The minimum Gasteiger partial charge on any atom is -0.494 e. The first-order valence-electron chi connectivity index (χ1n) is 7.79. The Morgan fingerprint density at radius 1 is 1.35 bits per heavy atom. The molecule has 0 radical (unpaired) electrons. The van der Waals surface area contributed by atoms with Crippen molar-refractivity contribution in [3.63, 3.8) is 0 Å². The summed E-state index contributed by atoms with van der Waals surface area (Å²) in [5.41, 5.74) is 2.56. The summed E-state index contributed by atoms with van der Waals surface area (Å²) in [7, 11) is 0. The largest absolute Gasteiger partial charge is 0.494 e. The fourth-order valence-corrected chi connectivity index (χ4v) is 2.73. The molecule has 2 heterocycles. The van der Waals surface area contributed by atoms with Crippen LogP contribution < -0.4 is 10.1 Å². The SMILES string of the molecule is CCOc1ccc2c(c1)CCN(CC(=O)Nc1cccnn1)C2. The van der Waals surface area contributed by atoms with Crippen molar-refractivity contribution in [3.8, 4) is 5.75 Å². The molecule has 120 valence electrons. The van der Waals surface area contributed by atoms with Gasteiger partial charge in [0.05, 0.1) is 13.2 Å². The lowest BCUT2D eigenvalue weighted by Crippen LogP contribution is -2.37. The van der Waals surface area contributed by atoms with Gasteiger partial charge in [-0.3, -0.25) is 9.69 Å². The Hall–Kier alpha value is -2.47. The zero-order valence-electron chi connectivity index (χ0n) is 13.2. The van der Waals surface area contributed by atoms with E-state index in [1.54, 1.807) is 18.3 Å². The molecule has 0 atom stereocenters. The molecule has 1 aliphatic heterocycles. The fourth-order valence-electron chi connectivity index (χ4n) is 2.73. The average Bonchev–Trinajstić information content (AvgIpc) is 2.56. The maximum Gasteiger partial charge on any atom is 0.239 e. The predicted molar refractivity (Wildman–Crippen MR) is 87.3 cm³/mol. The highest BCUT2D eigenvalue weighted by Crippen LogP contribution is 2.23. The summed E-state index contributed by atoms with van der Waals surface area (Å²) in [5.74, 6) is 1.33. The van der Waals surface area contributed by atoms with Gasteiger partial charge in [-0.2, -0.15) is 5.10 Å². The monoisotopic (exact) mass is 312 g/mol. The molecule has 1 aromatic heterocycles. The Kier molecular flexibility index (Phi) is 4.83. The summed E-state index contributed by atoms with van der Waals surface area (Å²) in [6.07, 6.45) is 2.50. The quantitative estimate of drug-likeness (QED) is 0.913. The molecule has 0 fully saturated rings. The number of ether oxygens (including phenoxy) is 1. The van der Waals surface area contributed by atoms with Gasteiger partial charge in [0.1, 0.15) is 5.75 Å². The molecule has 0 spiro atoms. The van der Waals surface area contributed by atoms with Crippen molar-refractivity contribution in [2.45, 2.75) is 19.9 Å². The van der Waals surface area contributed by atoms with Crippen LogP contribution in [-0.2, 0) is 17.8 Å². The number of anilines is 1. The van der Waals surface area contributed by atoms with E-state index < -0.39 is 0 Å². The zero-order chi connectivity index (χ0) is 16.1. The highest BCUT2D eigenvalue weighted by Gasteiger charge is 2.19. The molecule has 6 heteroatoms. The summed E-state index contributed by atoms with van der Waals surface area (Å²) in [5, 5.41) is 10.4. The van der Waals surface area contributed by atoms with E-state index in [1.807, 2.05) is 13.0 Å². The standard InChI is InChI=1S/C17H20N4O2/c1-2-23-15-6-5-14-11-21(9-7-13(14)10-15)12-17(22)19-16-4-3-8-18-20-16/h3-6,8,10H,2,7,9,11-12H2,1H3,(H,19,20,22). The Balaban J connectivity index is 1.58. The van der Waals surface area contributed by atoms with Crippen LogP contribution in [0.3, 0.4) is 0 Å². The van der Waals surface area contributed by atoms with Gasteiger partial charge >= 0.3 is 0 Å². The smallest absolute Gasteiger partial charge is 0.239 e. The number of aromatic nitrogens is 2. The first-order chi connectivity index (χ1) is 11.2. The minimum atomic E-state index is -0.0695. The van der Waals surface area contributed by atoms with Crippen LogP contribution in [0.2, 0.25) is 0 Å². The van der Waals surface area contributed by atoms with E-state index in [9.17, 15) is 4.79 Å². The van der Waals surface area contributed by atoms with E-state index in [4.69, 9.17) is 4.74 Å². The summed E-state index contributed by atoms with van der Waals surface area (Å²) < 4.78 is 5.54. The van der Waals surface area contributed by atoms with Gasteiger partial charge in [0.2, 0.25) is 5.91 Å². The van der Waals surface area contributed by atoms with E-state index in [2.05, 4.69) is 32.5 Å². The number of nitrogens with zero attached hydrogens (tertiary/aromatic N) is 3. The number of hydrogen-bond donors (Lipinski definition) is 1. The molecule has 3 rings (SSSR count). The second kappa shape index (κ2) is 7.19. The van der Waals surface area contributed by atoms with E-state index >= 15 is 0 Å². The fraction of sp³-hybridized carbons (Fsp3) is 0.353. The third kappa shape index (κ3) is 4.04. The normalized spacial score (nSPS) is 14.1. The van der Waals surface area contributed by atoms with Crippen molar-refractivity contribution < 1.29 is 9.53 Å². The van der Waals surface area contributed by atoms with Crippen molar-refractivity contribution in [2.75, 3.05) is 25.0 Å². The van der Waals surface area contributed by atoms with Gasteiger partial charge < -0.3 is 10.1 Å². The number of amides is 1. The van der Waals surface area contributed by atoms with Crippen LogP contribution in [0.5, 0.6) is 5.75 Å². The van der Waals surface area contributed by atoms with Gasteiger partial charge in [-0.15, -0.1) is 5.10 Å². The zero-order valence-corrected chi connectivity index (χ0v) is 13.2. The first kappa shape index (κ1) is 15.4. The first-order valence-corrected chi connectivity index (χ1v) is 7.79. The van der Waals surface area contributed by atoms with Crippen molar-refractivity contribution in [1.82, 2.24) is 15.1 Å². The van der Waals surface area contributed by atoms with Crippen LogP contribution >= 0.6 is 0 Å². The number of hydrogen-bond acceptors (Lipinski definition) is 5. The number of carbonyl (C=O) groups excluding carboxylic acids is 1. The Morgan fingerprint density at radius 3 is 3.04 bits per heavy atom. The van der Waals surface area contributed by atoms with E-state index in [1.165, 1.54) is 11.1 Å². The second-order valence-electron chi connectivity index (χ2n) is 5.48. The molecule has 0 saturated heterocycles. The van der Waals surface area contributed by atoms with Crippen LogP contribution in [0.25, 0.3) is 0 Å². The Bertz CT molecular complexity index is 676. The Morgan fingerprint density at radius 2 is 2.26 bits per heavy atom. The van der Waals surface area contributed by atoms with Crippen LogP contribution in [0.15, 0.2) is 36.5 Å². The number of fused-ring (bicyclic) bond motifs is 1. The van der Waals surface area contributed by atoms with Crippen LogP contribution in [0, 0.1) is 0 Å². The van der Waals surface area contributed by atoms with Gasteiger partial charge in [-0.1, -0.05) is 6.07 Å². The molecule has 1 N–H and O–H groups in total. The van der Waals surface area contributed by atoms with Crippen LogP contribution in [0.1, 0.15) is 18.1 Å². The predicted octanol–water partition coefficient (Wildman–Crippen LogP) is 1.87. The topological polar surface area (TPSA) is 67.3 Å². The van der Waals surface area contributed by atoms with Gasteiger partial charge in [-0.25, -0.2) is 0 Å². The minimum absolute atomic E-state index is 0.0695. The van der Waals surface area contributed by atoms with Crippen molar-refractivity contribution in [3.05, 3.63) is 47.7 Å². The molecule has 0 bridgehead atoms. The summed E-state index contributed by atoms with van der Waals surface area (Å²) >= 11 is 0. The molecule has 1 aromatic carbocycles. The molecule has 1 aliphatic rings. The number of nitrogens with one attached hydrogen (secondary N) is 1. The number of rotatable bonds is 5. The maximum absolute atomic E-state index is 12.1. The highest BCUT2D eigenvalue weighted by atomic mass is 16.5. The number of benzene rings is 1. The van der Waals surface area contributed by atoms with E-state index in [0.717, 1.165) is 25.3 Å². The molecule has 2 aromatic rings. The van der Waals surface area contributed by atoms with Gasteiger partial charge in [0.25, 0.3) is 0 Å².